The molecular weight excluding hydrogens is 438 g/mol. The molecule has 8 heteroatoms. The zero-order valence-corrected chi connectivity index (χ0v) is 17.6. The van der Waals surface area contributed by atoms with Crippen molar-refractivity contribution in [3.8, 4) is 11.5 Å². The van der Waals surface area contributed by atoms with E-state index in [-0.39, 0.29) is 24.7 Å². The van der Waals surface area contributed by atoms with Crippen molar-refractivity contribution in [1.82, 2.24) is 4.90 Å². The SMILES string of the molecule is CCOc1cc(C2Nc3ccccc3C(=O)N2C2CC2)cc(Br)c1OCC(N)=O. The summed E-state index contributed by atoms with van der Waals surface area (Å²) in [5, 5.41) is 3.50. The van der Waals surface area contributed by atoms with Gasteiger partial charge < -0.3 is 25.4 Å². The number of nitrogens with one attached hydrogen (secondary N) is 1. The third-order valence-corrected chi connectivity index (χ3v) is 5.50. The van der Waals surface area contributed by atoms with Gasteiger partial charge in [-0.05, 0) is 65.5 Å². The molecule has 0 radical (unpaired) electrons. The first kappa shape index (κ1) is 19.6. The molecule has 0 aromatic heterocycles. The lowest BCUT2D eigenvalue weighted by molar-refractivity contribution is -0.119. The van der Waals surface area contributed by atoms with Crippen LogP contribution in [0.5, 0.6) is 11.5 Å². The Morgan fingerprint density at radius 2 is 2.03 bits per heavy atom. The predicted molar refractivity (Wildman–Crippen MR) is 112 cm³/mol. The molecule has 1 aliphatic carbocycles. The maximum absolute atomic E-state index is 13.2. The Morgan fingerprint density at radius 1 is 1.28 bits per heavy atom. The molecule has 1 aliphatic heterocycles. The molecule has 0 spiro atoms. The van der Waals surface area contributed by atoms with Gasteiger partial charge in [0.15, 0.2) is 18.1 Å². The van der Waals surface area contributed by atoms with E-state index in [1.807, 2.05) is 48.2 Å². The fourth-order valence-corrected chi connectivity index (χ4v) is 4.11. The van der Waals surface area contributed by atoms with Gasteiger partial charge in [0.05, 0.1) is 16.6 Å². The fraction of sp³-hybridized carbons (Fsp3) is 0.333. The van der Waals surface area contributed by atoms with Crippen LogP contribution in [0.3, 0.4) is 0 Å². The first-order valence-corrected chi connectivity index (χ1v) is 10.3. The minimum absolute atomic E-state index is 0.0231. The van der Waals surface area contributed by atoms with Gasteiger partial charge in [-0.2, -0.15) is 0 Å². The molecular formula is C21H22BrN3O4. The molecule has 1 atom stereocenters. The summed E-state index contributed by atoms with van der Waals surface area (Å²) < 4.78 is 11.9. The van der Waals surface area contributed by atoms with Crippen molar-refractivity contribution >= 4 is 33.4 Å². The summed E-state index contributed by atoms with van der Waals surface area (Å²) >= 11 is 3.52. The topological polar surface area (TPSA) is 93.9 Å². The maximum atomic E-state index is 13.2. The Labute approximate surface area is 177 Å². The number of rotatable bonds is 7. The molecule has 0 bridgehead atoms. The number of hydrogen-bond acceptors (Lipinski definition) is 5. The Balaban J connectivity index is 1.74. The Kier molecular flexibility index (Phi) is 5.36. The smallest absolute Gasteiger partial charge is 0.258 e. The van der Waals surface area contributed by atoms with Crippen LogP contribution in [0, 0.1) is 0 Å². The summed E-state index contributed by atoms with van der Waals surface area (Å²) in [6, 6.07) is 11.5. The molecule has 2 aliphatic rings. The van der Waals surface area contributed by atoms with E-state index < -0.39 is 5.91 Å². The van der Waals surface area contributed by atoms with Crippen molar-refractivity contribution in [2.45, 2.75) is 32.0 Å². The number of nitrogens with zero attached hydrogens (tertiary/aromatic N) is 1. The number of amides is 2. The number of fused-ring (bicyclic) bond motifs is 1. The van der Waals surface area contributed by atoms with Gasteiger partial charge in [0.1, 0.15) is 6.17 Å². The number of primary amides is 1. The molecule has 29 heavy (non-hydrogen) atoms. The highest BCUT2D eigenvalue weighted by Crippen LogP contribution is 2.44. The van der Waals surface area contributed by atoms with Crippen LogP contribution in [-0.2, 0) is 4.79 Å². The summed E-state index contributed by atoms with van der Waals surface area (Å²) in [7, 11) is 0. The van der Waals surface area contributed by atoms with E-state index in [1.165, 1.54) is 0 Å². The van der Waals surface area contributed by atoms with Crippen molar-refractivity contribution < 1.29 is 19.1 Å². The van der Waals surface area contributed by atoms with Crippen molar-refractivity contribution in [2.75, 3.05) is 18.5 Å². The van der Waals surface area contributed by atoms with Gasteiger partial charge >= 0.3 is 0 Å². The summed E-state index contributed by atoms with van der Waals surface area (Å²) in [6.07, 6.45) is 1.65. The standard InChI is InChI=1S/C21H22BrN3O4/c1-2-28-17-10-12(9-15(22)19(17)29-11-18(23)26)20-24-16-6-4-3-5-14(16)21(27)25(20)13-7-8-13/h3-6,9-10,13,20,24H,2,7-8,11H2,1H3,(H2,23,26). The second kappa shape index (κ2) is 7.94. The third-order valence-electron chi connectivity index (χ3n) is 4.91. The molecule has 0 saturated heterocycles. The van der Waals surface area contributed by atoms with Crippen molar-refractivity contribution in [1.29, 1.82) is 0 Å². The second-order valence-electron chi connectivity index (χ2n) is 7.05. The Hall–Kier alpha value is -2.74. The van der Waals surface area contributed by atoms with Crippen molar-refractivity contribution in [3.05, 3.63) is 52.0 Å². The summed E-state index contributed by atoms with van der Waals surface area (Å²) in [4.78, 5) is 26.2. The first-order chi connectivity index (χ1) is 14.0. The molecule has 1 saturated carbocycles. The molecule has 2 aromatic carbocycles. The Morgan fingerprint density at radius 3 is 2.72 bits per heavy atom. The summed E-state index contributed by atoms with van der Waals surface area (Å²) in [5.74, 6) is 0.353. The lowest BCUT2D eigenvalue weighted by Gasteiger charge is -2.38. The first-order valence-electron chi connectivity index (χ1n) is 9.55. The van der Waals surface area contributed by atoms with E-state index in [1.54, 1.807) is 0 Å². The van der Waals surface area contributed by atoms with E-state index >= 15 is 0 Å². The minimum atomic E-state index is -0.570. The highest BCUT2D eigenvalue weighted by Gasteiger charge is 2.42. The number of ether oxygens (including phenoxy) is 2. The van der Waals surface area contributed by atoms with Gasteiger partial charge in [-0.3, -0.25) is 9.59 Å². The highest BCUT2D eigenvalue weighted by molar-refractivity contribution is 9.10. The highest BCUT2D eigenvalue weighted by atomic mass is 79.9. The largest absolute Gasteiger partial charge is 0.490 e. The van der Waals surface area contributed by atoms with Crippen LogP contribution in [-0.4, -0.2) is 36.0 Å². The van der Waals surface area contributed by atoms with E-state index in [2.05, 4.69) is 21.2 Å². The monoisotopic (exact) mass is 459 g/mol. The van der Waals surface area contributed by atoms with Crippen LogP contribution >= 0.6 is 15.9 Å². The molecule has 2 amide bonds. The van der Waals surface area contributed by atoms with Crippen LogP contribution in [0.25, 0.3) is 0 Å². The molecule has 7 nitrogen and oxygen atoms in total. The van der Waals surface area contributed by atoms with Gasteiger partial charge in [-0.15, -0.1) is 0 Å². The number of carbonyl (C=O) groups excluding carboxylic acids is 2. The number of benzene rings is 2. The normalized spacial score (nSPS) is 18.1. The molecule has 152 valence electrons. The zero-order valence-electron chi connectivity index (χ0n) is 16.0. The molecule has 2 aromatic rings. The number of hydrogen-bond donors (Lipinski definition) is 2. The van der Waals surface area contributed by atoms with E-state index in [0.717, 1.165) is 24.1 Å². The van der Waals surface area contributed by atoms with E-state index in [4.69, 9.17) is 15.2 Å². The number of para-hydroxylation sites is 1. The number of nitrogens with two attached hydrogens (primary N) is 1. The average Bonchev–Trinajstić information content (AvgIpc) is 3.52. The number of halogens is 1. The van der Waals surface area contributed by atoms with Crippen molar-refractivity contribution in [2.24, 2.45) is 5.73 Å². The summed E-state index contributed by atoms with van der Waals surface area (Å²) in [6.45, 7) is 2.04. The lowest BCUT2D eigenvalue weighted by atomic mass is 10.0. The molecule has 1 fully saturated rings. The fourth-order valence-electron chi connectivity index (χ4n) is 3.53. The third kappa shape index (κ3) is 3.89. The van der Waals surface area contributed by atoms with Crippen LogP contribution in [0.1, 0.15) is 41.9 Å². The maximum Gasteiger partial charge on any atom is 0.258 e. The summed E-state index contributed by atoms with van der Waals surface area (Å²) in [5.41, 5.74) is 7.56. The van der Waals surface area contributed by atoms with Gasteiger partial charge in [-0.25, -0.2) is 0 Å². The Bertz CT molecular complexity index is 961. The van der Waals surface area contributed by atoms with Crippen LogP contribution in [0.15, 0.2) is 40.9 Å². The van der Waals surface area contributed by atoms with Crippen LogP contribution in [0.4, 0.5) is 5.69 Å². The van der Waals surface area contributed by atoms with Gasteiger partial charge in [0, 0.05) is 11.7 Å². The second-order valence-corrected chi connectivity index (χ2v) is 7.91. The predicted octanol–water partition coefficient (Wildman–Crippen LogP) is 3.44. The number of carbonyl (C=O) groups is 2. The average molecular weight is 460 g/mol. The van der Waals surface area contributed by atoms with E-state index in [0.29, 0.717) is 28.1 Å². The minimum Gasteiger partial charge on any atom is -0.490 e. The molecule has 4 rings (SSSR count). The zero-order chi connectivity index (χ0) is 20.5. The molecule has 3 N–H and O–H groups in total. The van der Waals surface area contributed by atoms with Crippen LogP contribution < -0.4 is 20.5 Å². The van der Waals surface area contributed by atoms with Gasteiger partial charge in [0.2, 0.25) is 0 Å². The molecule has 1 heterocycles. The number of anilines is 1. The molecule has 1 unspecified atom stereocenters. The van der Waals surface area contributed by atoms with Gasteiger partial charge in [0.25, 0.3) is 11.8 Å². The van der Waals surface area contributed by atoms with E-state index in [9.17, 15) is 9.59 Å². The quantitative estimate of drug-likeness (QED) is 0.661. The van der Waals surface area contributed by atoms with Crippen molar-refractivity contribution in [3.63, 3.8) is 0 Å². The van der Waals surface area contributed by atoms with Gasteiger partial charge in [-0.1, -0.05) is 12.1 Å². The lowest BCUT2D eigenvalue weighted by Crippen LogP contribution is -2.44. The van der Waals surface area contributed by atoms with Crippen LogP contribution in [0.2, 0.25) is 0 Å².